The molecule has 0 radical (unpaired) electrons. The SMILES string of the molecule is COCC[N+]1=C(CCCC2=[N+](CCOC)CCc3ccccc32)c2ccccc2CC1. The molecule has 0 saturated heterocycles. The molecule has 164 valence electrons. The first kappa shape index (κ1) is 21.9. The Morgan fingerprint density at radius 3 is 1.58 bits per heavy atom. The van der Waals surface area contributed by atoms with Crippen molar-refractivity contribution in [1.82, 2.24) is 0 Å². The van der Waals surface area contributed by atoms with Crippen molar-refractivity contribution in [3.63, 3.8) is 0 Å². The molecular weight excluding hydrogens is 384 g/mol. The van der Waals surface area contributed by atoms with E-state index in [1.54, 1.807) is 14.2 Å². The van der Waals surface area contributed by atoms with E-state index in [0.717, 1.165) is 71.5 Å². The van der Waals surface area contributed by atoms with Crippen molar-refractivity contribution in [2.45, 2.75) is 32.1 Å². The molecule has 2 heterocycles. The third kappa shape index (κ3) is 5.13. The molecule has 31 heavy (non-hydrogen) atoms. The van der Waals surface area contributed by atoms with Gasteiger partial charge in [-0.3, -0.25) is 0 Å². The second-order valence-corrected chi connectivity index (χ2v) is 8.52. The highest BCUT2D eigenvalue weighted by Crippen LogP contribution is 2.22. The third-order valence-electron chi connectivity index (χ3n) is 6.68. The van der Waals surface area contributed by atoms with Crippen molar-refractivity contribution in [2.75, 3.05) is 53.6 Å². The second kappa shape index (κ2) is 10.8. The van der Waals surface area contributed by atoms with E-state index in [0.29, 0.717) is 0 Å². The van der Waals surface area contributed by atoms with Gasteiger partial charge in [0.05, 0.1) is 0 Å². The zero-order valence-electron chi connectivity index (χ0n) is 19.1. The highest BCUT2D eigenvalue weighted by molar-refractivity contribution is 6.01. The van der Waals surface area contributed by atoms with E-state index in [1.165, 1.54) is 33.7 Å². The Balaban J connectivity index is 1.55. The summed E-state index contributed by atoms with van der Waals surface area (Å²) >= 11 is 0. The highest BCUT2D eigenvalue weighted by Gasteiger charge is 2.28. The van der Waals surface area contributed by atoms with Gasteiger partial charge in [-0.25, -0.2) is 9.15 Å². The van der Waals surface area contributed by atoms with E-state index >= 15 is 0 Å². The maximum absolute atomic E-state index is 5.39. The van der Waals surface area contributed by atoms with E-state index in [2.05, 4.69) is 57.7 Å². The molecule has 0 atom stereocenters. The lowest BCUT2D eigenvalue weighted by Gasteiger charge is -2.20. The maximum Gasteiger partial charge on any atom is 0.183 e. The Labute approximate surface area is 186 Å². The lowest BCUT2D eigenvalue weighted by atomic mass is 9.91. The minimum atomic E-state index is 0.779. The highest BCUT2D eigenvalue weighted by atomic mass is 16.5. The summed E-state index contributed by atoms with van der Waals surface area (Å²) in [4.78, 5) is 0. The van der Waals surface area contributed by atoms with Crippen LogP contribution in [0.2, 0.25) is 0 Å². The average molecular weight is 421 g/mol. The number of rotatable bonds is 10. The lowest BCUT2D eigenvalue weighted by molar-refractivity contribution is -0.532. The minimum Gasteiger partial charge on any atom is -0.378 e. The Morgan fingerprint density at radius 2 is 1.13 bits per heavy atom. The van der Waals surface area contributed by atoms with Gasteiger partial charge in [0.25, 0.3) is 0 Å². The van der Waals surface area contributed by atoms with Gasteiger partial charge in [0.1, 0.15) is 26.3 Å². The van der Waals surface area contributed by atoms with Crippen LogP contribution in [0.3, 0.4) is 0 Å². The van der Waals surface area contributed by atoms with Crippen LogP contribution < -0.4 is 0 Å². The fraction of sp³-hybridized carbons (Fsp3) is 0.481. The molecule has 0 N–H and O–H groups in total. The summed E-state index contributed by atoms with van der Waals surface area (Å²) in [5.74, 6) is 0. The van der Waals surface area contributed by atoms with Gasteiger partial charge in [-0.15, -0.1) is 0 Å². The predicted molar refractivity (Wildman–Crippen MR) is 126 cm³/mol. The molecular formula is C27H36N2O2+2. The fourth-order valence-electron chi connectivity index (χ4n) is 5.07. The van der Waals surface area contributed by atoms with Gasteiger partial charge in [-0.1, -0.05) is 36.4 Å². The van der Waals surface area contributed by atoms with Crippen LogP contribution in [-0.4, -0.2) is 74.2 Å². The standard InChI is InChI=1S/C27H36N2O2/c1-30-20-18-28-16-14-22-8-3-5-10-24(22)26(28)12-7-13-27-25-11-6-4-9-23(25)15-17-29(27)19-21-31-2/h3-6,8-11H,7,12-21H2,1-2H3/q+2. The molecule has 4 heteroatoms. The molecule has 0 amide bonds. The number of methoxy groups -OCH3 is 2. The Morgan fingerprint density at radius 1 is 0.677 bits per heavy atom. The van der Waals surface area contributed by atoms with Crippen molar-refractivity contribution in [1.29, 1.82) is 0 Å². The number of nitrogens with zero attached hydrogens (tertiary/aromatic N) is 2. The van der Waals surface area contributed by atoms with Crippen molar-refractivity contribution < 1.29 is 18.6 Å². The summed E-state index contributed by atoms with van der Waals surface area (Å²) in [7, 11) is 3.59. The molecule has 0 aromatic heterocycles. The van der Waals surface area contributed by atoms with Crippen LogP contribution in [0, 0.1) is 0 Å². The number of benzene rings is 2. The summed E-state index contributed by atoms with van der Waals surface area (Å²) in [6, 6.07) is 17.9. The number of ether oxygens (including phenoxy) is 2. The van der Waals surface area contributed by atoms with Crippen LogP contribution >= 0.6 is 0 Å². The first-order valence-corrected chi connectivity index (χ1v) is 11.7. The van der Waals surface area contributed by atoms with Crippen molar-refractivity contribution >= 4 is 11.4 Å². The van der Waals surface area contributed by atoms with Crippen molar-refractivity contribution in [3.05, 3.63) is 70.8 Å². The minimum absolute atomic E-state index is 0.779. The first-order chi connectivity index (χ1) is 15.3. The van der Waals surface area contributed by atoms with Crippen molar-refractivity contribution in [3.8, 4) is 0 Å². The quantitative estimate of drug-likeness (QED) is 0.549. The van der Waals surface area contributed by atoms with Crippen LogP contribution in [0.4, 0.5) is 0 Å². The molecule has 2 aromatic carbocycles. The smallest absolute Gasteiger partial charge is 0.183 e. The summed E-state index contributed by atoms with van der Waals surface area (Å²) < 4.78 is 15.9. The molecule has 4 rings (SSSR count). The van der Waals surface area contributed by atoms with Gasteiger partial charge in [0.15, 0.2) is 24.5 Å². The molecule has 0 bridgehead atoms. The van der Waals surface area contributed by atoms with Gasteiger partial charge in [-0.2, -0.15) is 0 Å². The largest absolute Gasteiger partial charge is 0.378 e. The summed E-state index contributed by atoms with van der Waals surface area (Å²) in [6.45, 7) is 5.69. The van der Waals surface area contributed by atoms with Gasteiger partial charge in [0, 0.05) is 51.0 Å². The normalized spacial score (nSPS) is 15.8. The zero-order valence-corrected chi connectivity index (χ0v) is 19.1. The molecule has 0 saturated carbocycles. The van der Waals surface area contributed by atoms with E-state index in [1.807, 2.05) is 0 Å². The third-order valence-corrected chi connectivity index (χ3v) is 6.68. The Kier molecular flexibility index (Phi) is 7.66. The molecule has 0 spiro atoms. The van der Waals surface area contributed by atoms with Crippen LogP contribution in [0.15, 0.2) is 48.5 Å². The summed E-state index contributed by atoms with van der Waals surface area (Å²) in [5.41, 5.74) is 8.84. The molecule has 2 aliphatic rings. The number of hydrogen-bond donors (Lipinski definition) is 0. The van der Waals surface area contributed by atoms with E-state index < -0.39 is 0 Å². The molecule has 2 aromatic rings. The number of fused-ring (bicyclic) bond motifs is 2. The van der Waals surface area contributed by atoms with Crippen LogP contribution in [0.25, 0.3) is 0 Å². The van der Waals surface area contributed by atoms with E-state index in [4.69, 9.17) is 9.47 Å². The second-order valence-electron chi connectivity index (χ2n) is 8.52. The van der Waals surface area contributed by atoms with Gasteiger partial charge in [-0.05, 0) is 29.7 Å². The predicted octanol–water partition coefficient (Wildman–Crippen LogP) is 3.57. The van der Waals surface area contributed by atoms with Crippen LogP contribution in [0.1, 0.15) is 41.5 Å². The monoisotopic (exact) mass is 420 g/mol. The lowest BCUT2D eigenvalue weighted by Crippen LogP contribution is -2.34. The van der Waals surface area contributed by atoms with Crippen molar-refractivity contribution in [2.24, 2.45) is 0 Å². The van der Waals surface area contributed by atoms with Crippen LogP contribution in [-0.2, 0) is 22.3 Å². The van der Waals surface area contributed by atoms with E-state index in [9.17, 15) is 0 Å². The Bertz CT molecular complexity index is 884. The Hall–Kier alpha value is -2.30. The topological polar surface area (TPSA) is 24.5 Å². The molecule has 0 fully saturated rings. The van der Waals surface area contributed by atoms with E-state index in [-0.39, 0.29) is 0 Å². The molecule has 0 unspecified atom stereocenters. The number of hydrogen-bond acceptors (Lipinski definition) is 2. The van der Waals surface area contributed by atoms with Gasteiger partial charge < -0.3 is 9.47 Å². The maximum atomic E-state index is 5.39. The summed E-state index contributed by atoms with van der Waals surface area (Å²) in [6.07, 6.45) is 5.60. The first-order valence-electron chi connectivity index (χ1n) is 11.7. The molecule has 0 aliphatic carbocycles. The average Bonchev–Trinajstić information content (AvgIpc) is 2.82. The fourth-order valence-corrected chi connectivity index (χ4v) is 5.07. The zero-order chi connectivity index (χ0) is 21.5. The van der Waals surface area contributed by atoms with Crippen LogP contribution in [0.5, 0.6) is 0 Å². The molecule has 4 nitrogen and oxygen atoms in total. The van der Waals surface area contributed by atoms with Gasteiger partial charge >= 0.3 is 0 Å². The van der Waals surface area contributed by atoms with Gasteiger partial charge in [0.2, 0.25) is 0 Å². The molecule has 2 aliphatic heterocycles. The summed E-state index contributed by atoms with van der Waals surface area (Å²) in [5, 5.41) is 0.